The van der Waals surface area contributed by atoms with E-state index in [9.17, 15) is 4.79 Å². The summed E-state index contributed by atoms with van der Waals surface area (Å²) in [7, 11) is 1.74. The molecule has 0 amide bonds. The van der Waals surface area contributed by atoms with Gasteiger partial charge in [0.1, 0.15) is 0 Å². The van der Waals surface area contributed by atoms with Crippen LogP contribution < -0.4 is 5.69 Å². The molecule has 6 heteroatoms. The van der Waals surface area contributed by atoms with Crippen LogP contribution in [0, 0.1) is 0 Å². The third-order valence-electron chi connectivity index (χ3n) is 2.32. The maximum atomic E-state index is 11.5. The molecule has 0 fully saturated rings. The Morgan fingerprint density at radius 2 is 2.31 bits per heavy atom. The molecule has 0 atom stereocenters. The number of aryl methyl sites for hydroxylation is 3. The van der Waals surface area contributed by atoms with Gasteiger partial charge in [0.2, 0.25) is 0 Å². The minimum absolute atomic E-state index is 0.00845. The molecule has 0 radical (unpaired) electrons. The topological polar surface area (TPSA) is 39.8 Å². The summed E-state index contributed by atoms with van der Waals surface area (Å²) in [4.78, 5) is 15.9. The first-order valence-electron chi connectivity index (χ1n) is 4.91. The second-order valence-electron chi connectivity index (χ2n) is 3.50. The Labute approximate surface area is 102 Å². The average Bonchev–Trinajstić information content (AvgIpc) is 2.86. The van der Waals surface area contributed by atoms with Crippen molar-refractivity contribution >= 4 is 22.9 Å². The molecular weight excluding hydrogens is 246 g/mol. The summed E-state index contributed by atoms with van der Waals surface area (Å²) in [5, 5.41) is 2.97. The van der Waals surface area contributed by atoms with Gasteiger partial charge in [0.25, 0.3) is 0 Å². The molecule has 0 aliphatic heterocycles. The number of alkyl halides is 1. The lowest BCUT2D eigenvalue weighted by molar-refractivity contribution is 0.647. The predicted octanol–water partition coefficient (Wildman–Crippen LogP) is 1.62. The van der Waals surface area contributed by atoms with Crippen molar-refractivity contribution in [2.75, 3.05) is 0 Å². The van der Waals surface area contributed by atoms with E-state index < -0.39 is 0 Å². The highest BCUT2D eigenvalue weighted by atomic mass is 35.5. The number of hydrogen-bond donors (Lipinski definition) is 0. The molecule has 0 saturated heterocycles. The SMILES string of the molecule is Cn1ccn(CCc2nc(CCl)cs2)c1=O. The van der Waals surface area contributed by atoms with Crippen LogP contribution in [-0.4, -0.2) is 14.1 Å². The van der Waals surface area contributed by atoms with E-state index in [0.29, 0.717) is 12.4 Å². The summed E-state index contributed by atoms with van der Waals surface area (Å²) in [5.74, 6) is 0.446. The maximum absolute atomic E-state index is 11.5. The molecule has 2 aromatic heterocycles. The van der Waals surface area contributed by atoms with Gasteiger partial charge in [-0.05, 0) is 0 Å². The number of nitrogens with zero attached hydrogens (tertiary/aromatic N) is 3. The molecule has 0 spiro atoms. The number of hydrogen-bond acceptors (Lipinski definition) is 3. The fraction of sp³-hybridized carbons (Fsp3) is 0.400. The van der Waals surface area contributed by atoms with Gasteiger partial charge in [-0.25, -0.2) is 9.78 Å². The van der Waals surface area contributed by atoms with E-state index in [1.165, 1.54) is 0 Å². The van der Waals surface area contributed by atoms with E-state index in [-0.39, 0.29) is 5.69 Å². The summed E-state index contributed by atoms with van der Waals surface area (Å²) in [6, 6.07) is 0. The van der Waals surface area contributed by atoms with Gasteiger partial charge in [-0.1, -0.05) is 0 Å². The molecule has 0 bridgehead atoms. The lowest BCUT2D eigenvalue weighted by atomic mass is 10.4. The van der Waals surface area contributed by atoms with Gasteiger partial charge >= 0.3 is 5.69 Å². The second kappa shape index (κ2) is 4.84. The predicted molar refractivity (Wildman–Crippen MR) is 65.0 cm³/mol. The van der Waals surface area contributed by atoms with Crippen LogP contribution in [0.2, 0.25) is 0 Å². The van der Waals surface area contributed by atoms with Crippen molar-refractivity contribution < 1.29 is 0 Å². The molecule has 4 nitrogen and oxygen atoms in total. The Morgan fingerprint density at radius 1 is 1.50 bits per heavy atom. The zero-order chi connectivity index (χ0) is 11.5. The Hall–Kier alpha value is -1.07. The largest absolute Gasteiger partial charge is 0.327 e. The van der Waals surface area contributed by atoms with E-state index in [4.69, 9.17) is 11.6 Å². The summed E-state index contributed by atoms with van der Waals surface area (Å²) < 4.78 is 3.24. The summed E-state index contributed by atoms with van der Waals surface area (Å²) >= 11 is 7.26. The van der Waals surface area contributed by atoms with Crippen LogP contribution in [-0.2, 0) is 25.9 Å². The van der Waals surface area contributed by atoms with Crippen LogP contribution in [0.5, 0.6) is 0 Å². The maximum Gasteiger partial charge on any atom is 0.327 e. The fourth-order valence-electron chi connectivity index (χ4n) is 1.42. The number of thiazole rings is 1. The lowest BCUT2D eigenvalue weighted by Crippen LogP contribution is -2.22. The molecule has 0 aliphatic rings. The van der Waals surface area contributed by atoms with Crippen molar-refractivity contribution in [3.63, 3.8) is 0 Å². The molecule has 2 rings (SSSR count). The molecular formula is C10H12ClN3OS. The van der Waals surface area contributed by atoms with Crippen LogP contribution in [0.1, 0.15) is 10.7 Å². The Morgan fingerprint density at radius 3 is 2.88 bits per heavy atom. The minimum Gasteiger partial charge on any atom is -0.302 e. The number of halogens is 1. The third-order valence-corrected chi connectivity index (χ3v) is 3.55. The van der Waals surface area contributed by atoms with Crippen molar-refractivity contribution in [1.82, 2.24) is 14.1 Å². The van der Waals surface area contributed by atoms with Crippen molar-refractivity contribution in [1.29, 1.82) is 0 Å². The second-order valence-corrected chi connectivity index (χ2v) is 4.71. The molecule has 16 heavy (non-hydrogen) atoms. The first kappa shape index (κ1) is 11.4. The normalized spacial score (nSPS) is 10.9. The van der Waals surface area contributed by atoms with Crippen LogP contribution in [0.15, 0.2) is 22.6 Å². The van der Waals surface area contributed by atoms with Gasteiger partial charge in [0, 0.05) is 37.8 Å². The quantitative estimate of drug-likeness (QED) is 0.781. The van der Waals surface area contributed by atoms with E-state index in [1.54, 1.807) is 39.9 Å². The first-order valence-corrected chi connectivity index (χ1v) is 6.33. The van der Waals surface area contributed by atoms with E-state index in [0.717, 1.165) is 17.1 Å². The van der Waals surface area contributed by atoms with E-state index in [1.807, 2.05) is 5.38 Å². The lowest BCUT2D eigenvalue weighted by Gasteiger charge is -1.97. The van der Waals surface area contributed by atoms with Crippen molar-refractivity contribution in [3.8, 4) is 0 Å². The van der Waals surface area contributed by atoms with Crippen LogP contribution in [0.3, 0.4) is 0 Å². The summed E-state index contributed by atoms with van der Waals surface area (Å²) in [6.45, 7) is 0.662. The summed E-state index contributed by atoms with van der Waals surface area (Å²) in [6.07, 6.45) is 4.32. The smallest absolute Gasteiger partial charge is 0.302 e. The van der Waals surface area contributed by atoms with Crippen molar-refractivity contribution in [3.05, 3.63) is 39.0 Å². The molecule has 0 unspecified atom stereocenters. The van der Waals surface area contributed by atoms with Crippen LogP contribution >= 0.6 is 22.9 Å². The van der Waals surface area contributed by atoms with E-state index >= 15 is 0 Å². The van der Waals surface area contributed by atoms with Gasteiger partial charge in [0.05, 0.1) is 16.6 Å². The average molecular weight is 258 g/mol. The van der Waals surface area contributed by atoms with E-state index in [2.05, 4.69) is 4.98 Å². The highest BCUT2D eigenvalue weighted by molar-refractivity contribution is 7.09. The van der Waals surface area contributed by atoms with Crippen molar-refractivity contribution in [2.45, 2.75) is 18.8 Å². The molecule has 0 aliphatic carbocycles. The van der Waals surface area contributed by atoms with Gasteiger partial charge in [0.15, 0.2) is 0 Å². The van der Waals surface area contributed by atoms with Gasteiger partial charge in [-0.15, -0.1) is 22.9 Å². The monoisotopic (exact) mass is 257 g/mol. The van der Waals surface area contributed by atoms with Crippen LogP contribution in [0.4, 0.5) is 0 Å². The number of aromatic nitrogens is 3. The molecule has 2 heterocycles. The first-order chi connectivity index (χ1) is 7.70. The Bertz CT molecular complexity index is 528. The zero-order valence-electron chi connectivity index (χ0n) is 8.89. The standard InChI is InChI=1S/C10H12ClN3OS/c1-13-4-5-14(10(13)15)3-2-9-12-8(6-11)7-16-9/h4-5,7H,2-3,6H2,1H3. The van der Waals surface area contributed by atoms with Gasteiger partial charge in [-0.2, -0.15) is 0 Å². The molecule has 0 aromatic carbocycles. The Balaban J connectivity index is 2.02. The zero-order valence-corrected chi connectivity index (χ0v) is 10.5. The third kappa shape index (κ3) is 2.36. The highest BCUT2D eigenvalue weighted by Crippen LogP contribution is 2.12. The van der Waals surface area contributed by atoms with Gasteiger partial charge in [-0.3, -0.25) is 4.57 Å². The summed E-state index contributed by atoms with van der Waals surface area (Å²) in [5.41, 5.74) is 0.913. The Kier molecular flexibility index (Phi) is 3.46. The van der Waals surface area contributed by atoms with Gasteiger partial charge < -0.3 is 4.57 Å². The minimum atomic E-state index is 0.00845. The molecule has 0 N–H and O–H groups in total. The highest BCUT2D eigenvalue weighted by Gasteiger charge is 2.03. The number of rotatable bonds is 4. The van der Waals surface area contributed by atoms with Crippen LogP contribution in [0.25, 0.3) is 0 Å². The molecule has 86 valence electrons. The number of imidazole rings is 1. The molecule has 0 saturated carbocycles. The van der Waals surface area contributed by atoms with Crippen molar-refractivity contribution in [2.24, 2.45) is 7.05 Å². The fourth-order valence-corrected chi connectivity index (χ4v) is 2.44. The molecule has 2 aromatic rings.